The molecule has 1 fully saturated rings. The van der Waals surface area contributed by atoms with Crippen molar-refractivity contribution in [2.75, 3.05) is 31.7 Å². The number of amides is 1. The van der Waals surface area contributed by atoms with E-state index in [1.807, 2.05) is 11.0 Å². The first kappa shape index (κ1) is 14.1. The van der Waals surface area contributed by atoms with Gasteiger partial charge in [-0.3, -0.25) is 4.79 Å². The fourth-order valence-electron chi connectivity index (χ4n) is 2.16. The molecule has 1 aromatic carbocycles. The van der Waals surface area contributed by atoms with E-state index < -0.39 is 0 Å². The lowest BCUT2D eigenvalue weighted by Crippen LogP contribution is -2.53. The number of benzene rings is 1. The number of hydrogen-bond acceptors (Lipinski definition) is 4. The highest BCUT2D eigenvalue weighted by molar-refractivity contribution is 6.33. The molecule has 1 aromatic rings. The minimum absolute atomic E-state index is 0.0536. The molecule has 0 radical (unpaired) electrons. The molecular formula is C13H17ClN2O3. The molecule has 104 valence electrons. The molecule has 0 aliphatic carbocycles. The molecule has 2 rings (SSSR count). The van der Waals surface area contributed by atoms with Crippen molar-refractivity contribution in [1.29, 1.82) is 0 Å². The van der Waals surface area contributed by atoms with Gasteiger partial charge >= 0.3 is 0 Å². The standard InChI is InChI=1S/C13H17ClN2O3/c1-15-13(18)12-8-19-5-4-16(12)11-3-2-9(7-17)6-10(11)14/h2-3,6,12,17H,4-5,7-8H2,1H3,(H,15,18). The number of carbonyl (C=O) groups is 1. The van der Waals surface area contributed by atoms with E-state index in [2.05, 4.69) is 5.32 Å². The summed E-state index contributed by atoms with van der Waals surface area (Å²) >= 11 is 6.23. The van der Waals surface area contributed by atoms with Gasteiger partial charge in [0.1, 0.15) is 6.04 Å². The van der Waals surface area contributed by atoms with Crippen molar-refractivity contribution in [2.45, 2.75) is 12.6 Å². The number of morpholine rings is 1. The largest absolute Gasteiger partial charge is 0.392 e. The number of likely N-dealkylation sites (N-methyl/N-ethyl adjacent to an activating group) is 1. The number of halogens is 1. The molecule has 6 heteroatoms. The molecule has 0 bridgehead atoms. The van der Waals surface area contributed by atoms with Gasteiger partial charge in [0.05, 0.1) is 30.5 Å². The van der Waals surface area contributed by atoms with Crippen molar-refractivity contribution in [3.63, 3.8) is 0 Å². The number of anilines is 1. The van der Waals surface area contributed by atoms with Crippen LogP contribution >= 0.6 is 11.6 Å². The first-order valence-electron chi connectivity index (χ1n) is 6.12. The summed E-state index contributed by atoms with van der Waals surface area (Å²) in [5.74, 6) is -0.0954. The monoisotopic (exact) mass is 284 g/mol. The maximum atomic E-state index is 11.9. The Morgan fingerprint density at radius 2 is 2.42 bits per heavy atom. The number of rotatable bonds is 3. The molecule has 2 N–H and O–H groups in total. The Morgan fingerprint density at radius 1 is 1.63 bits per heavy atom. The molecule has 1 aliphatic heterocycles. The smallest absolute Gasteiger partial charge is 0.244 e. The number of nitrogens with zero attached hydrogens (tertiary/aromatic N) is 1. The molecule has 1 saturated heterocycles. The second kappa shape index (κ2) is 6.23. The number of ether oxygens (including phenoxy) is 1. The molecule has 1 aliphatic rings. The van der Waals surface area contributed by atoms with E-state index in [4.69, 9.17) is 21.4 Å². The van der Waals surface area contributed by atoms with Crippen LogP contribution in [0.15, 0.2) is 18.2 Å². The third kappa shape index (κ3) is 3.00. The van der Waals surface area contributed by atoms with Crippen LogP contribution < -0.4 is 10.2 Å². The van der Waals surface area contributed by atoms with E-state index in [-0.39, 0.29) is 18.6 Å². The van der Waals surface area contributed by atoms with Gasteiger partial charge in [0.25, 0.3) is 0 Å². The number of hydrogen-bond donors (Lipinski definition) is 2. The molecule has 1 heterocycles. The Balaban J connectivity index is 2.29. The van der Waals surface area contributed by atoms with E-state index in [1.54, 1.807) is 19.2 Å². The van der Waals surface area contributed by atoms with Crippen molar-refractivity contribution in [1.82, 2.24) is 5.32 Å². The van der Waals surface area contributed by atoms with Crippen LogP contribution in [0.1, 0.15) is 5.56 Å². The Hall–Kier alpha value is -1.30. The van der Waals surface area contributed by atoms with Crippen LogP contribution in [-0.2, 0) is 16.1 Å². The maximum Gasteiger partial charge on any atom is 0.244 e. The summed E-state index contributed by atoms with van der Waals surface area (Å²) < 4.78 is 5.36. The molecule has 1 unspecified atom stereocenters. The SMILES string of the molecule is CNC(=O)C1COCCN1c1ccc(CO)cc1Cl. The lowest BCUT2D eigenvalue weighted by Gasteiger charge is -2.36. The molecular weight excluding hydrogens is 268 g/mol. The van der Waals surface area contributed by atoms with E-state index >= 15 is 0 Å². The number of aliphatic hydroxyl groups is 1. The fraction of sp³-hybridized carbons (Fsp3) is 0.462. The highest BCUT2D eigenvalue weighted by atomic mass is 35.5. The fourth-order valence-corrected chi connectivity index (χ4v) is 2.47. The summed E-state index contributed by atoms with van der Waals surface area (Å²) in [5, 5.41) is 12.2. The van der Waals surface area contributed by atoms with Crippen LogP contribution in [0.5, 0.6) is 0 Å². The maximum absolute atomic E-state index is 11.9. The van der Waals surface area contributed by atoms with Gasteiger partial charge in [-0.05, 0) is 17.7 Å². The third-order valence-electron chi connectivity index (χ3n) is 3.18. The summed E-state index contributed by atoms with van der Waals surface area (Å²) in [5.41, 5.74) is 1.54. The zero-order valence-corrected chi connectivity index (χ0v) is 11.5. The normalized spacial score (nSPS) is 19.3. The summed E-state index contributed by atoms with van der Waals surface area (Å²) in [6.45, 7) is 1.46. The molecule has 1 amide bonds. The van der Waals surface area contributed by atoms with E-state index in [1.165, 1.54) is 0 Å². The van der Waals surface area contributed by atoms with E-state index in [9.17, 15) is 4.79 Å². The minimum Gasteiger partial charge on any atom is -0.392 e. The van der Waals surface area contributed by atoms with Crippen molar-refractivity contribution in [2.24, 2.45) is 0 Å². The van der Waals surface area contributed by atoms with Crippen LogP contribution in [0.2, 0.25) is 5.02 Å². The van der Waals surface area contributed by atoms with E-state index in [0.717, 1.165) is 11.3 Å². The van der Waals surface area contributed by atoms with Crippen LogP contribution in [0.4, 0.5) is 5.69 Å². The average Bonchev–Trinajstić information content (AvgIpc) is 2.46. The van der Waals surface area contributed by atoms with Crippen molar-refractivity contribution in [3.05, 3.63) is 28.8 Å². The van der Waals surface area contributed by atoms with Gasteiger partial charge in [-0.15, -0.1) is 0 Å². The Labute approximate surface area is 117 Å². The minimum atomic E-state index is -0.378. The van der Waals surface area contributed by atoms with Gasteiger partial charge in [-0.2, -0.15) is 0 Å². The molecule has 19 heavy (non-hydrogen) atoms. The Morgan fingerprint density at radius 3 is 3.05 bits per heavy atom. The summed E-state index contributed by atoms with van der Waals surface area (Å²) in [6.07, 6.45) is 0. The quantitative estimate of drug-likeness (QED) is 0.861. The summed E-state index contributed by atoms with van der Waals surface area (Å²) in [7, 11) is 1.60. The summed E-state index contributed by atoms with van der Waals surface area (Å²) in [4.78, 5) is 13.8. The topological polar surface area (TPSA) is 61.8 Å². The molecule has 0 spiro atoms. The molecule has 0 aromatic heterocycles. The van der Waals surface area contributed by atoms with Crippen molar-refractivity contribution < 1.29 is 14.6 Å². The van der Waals surface area contributed by atoms with Crippen LogP contribution in [-0.4, -0.2) is 43.9 Å². The number of aliphatic hydroxyl groups excluding tert-OH is 1. The predicted molar refractivity (Wildman–Crippen MR) is 73.4 cm³/mol. The average molecular weight is 285 g/mol. The van der Waals surface area contributed by atoms with Crippen LogP contribution in [0.3, 0.4) is 0 Å². The molecule has 5 nitrogen and oxygen atoms in total. The second-order valence-corrected chi connectivity index (χ2v) is 4.75. The van der Waals surface area contributed by atoms with Gasteiger partial charge in [-0.1, -0.05) is 17.7 Å². The van der Waals surface area contributed by atoms with Crippen LogP contribution in [0.25, 0.3) is 0 Å². The number of nitrogens with one attached hydrogen (secondary N) is 1. The highest BCUT2D eigenvalue weighted by Crippen LogP contribution is 2.29. The summed E-state index contributed by atoms with van der Waals surface area (Å²) in [6, 6.07) is 4.97. The number of carbonyl (C=O) groups excluding carboxylic acids is 1. The molecule has 1 atom stereocenters. The van der Waals surface area contributed by atoms with Gasteiger partial charge in [0.15, 0.2) is 0 Å². The van der Waals surface area contributed by atoms with Gasteiger partial charge in [-0.25, -0.2) is 0 Å². The Kier molecular flexibility index (Phi) is 4.63. The zero-order valence-electron chi connectivity index (χ0n) is 10.7. The van der Waals surface area contributed by atoms with E-state index in [0.29, 0.717) is 24.8 Å². The predicted octanol–water partition coefficient (Wildman–Crippen LogP) is 0.783. The van der Waals surface area contributed by atoms with Crippen LogP contribution in [0, 0.1) is 0 Å². The Bertz CT molecular complexity index is 467. The molecule has 0 saturated carbocycles. The van der Waals surface area contributed by atoms with Crippen molar-refractivity contribution >= 4 is 23.2 Å². The van der Waals surface area contributed by atoms with Crippen molar-refractivity contribution in [3.8, 4) is 0 Å². The lowest BCUT2D eigenvalue weighted by molar-refractivity contribution is -0.124. The zero-order chi connectivity index (χ0) is 13.8. The van der Waals surface area contributed by atoms with Gasteiger partial charge in [0.2, 0.25) is 5.91 Å². The first-order valence-corrected chi connectivity index (χ1v) is 6.50. The second-order valence-electron chi connectivity index (χ2n) is 4.34. The first-order chi connectivity index (χ1) is 9.17. The lowest BCUT2D eigenvalue weighted by atomic mass is 10.1. The van der Waals surface area contributed by atoms with Gasteiger partial charge in [0, 0.05) is 13.6 Å². The third-order valence-corrected chi connectivity index (χ3v) is 3.48. The van der Waals surface area contributed by atoms with Gasteiger partial charge < -0.3 is 20.1 Å². The highest BCUT2D eigenvalue weighted by Gasteiger charge is 2.30.